The van der Waals surface area contributed by atoms with E-state index in [9.17, 15) is 18.0 Å². The van der Waals surface area contributed by atoms with Crippen LogP contribution in [0.25, 0.3) is 0 Å². The Bertz CT molecular complexity index is 741. The van der Waals surface area contributed by atoms with Crippen molar-refractivity contribution in [3.8, 4) is 11.5 Å². The first-order valence-electron chi connectivity index (χ1n) is 7.17. The van der Waals surface area contributed by atoms with Crippen LogP contribution in [0.4, 0.5) is 18.9 Å². The molecule has 0 aliphatic heterocycles. The molecule has 0 fully saturated rings. The summed E-state index contributed by atoms with van der Waals surface area (Å²) in [6.07, 6.45) is -3.35. The molecule has 1 amide bonds. The maximum atomic E-state index is 12.6. The number of rotatable bonds is 5. The Morgan fingerprint density at radius 1 is 1.04 bits per heavy atom. The number of amides is 1. The van der Waals surface area contributed by atoms with E-state index in [-0.39, 0.29) is 5.56 Å². The Labute approximate surface area is 142 Å². The number of methoxy groups -OCH3 is 1. The van der Waals surface area contributed by atoms with Crippen molar-refractivity contribution < 1.29 is 27.4 Å². The summed E-state index contributed by atoms with van der Waals surface area (Å²) in [6.45, 7) is 1.64. The fraction of sp³-hybridized carbons (Fsp3) is 0.176. The van der Waals surface area contributed by atoms with Crippen LogP contribution in [0, 0.1) is 0 Å². The molecule has 0 saturated heterocycles. The minimum Gasteiger partial charge on any atom is -0.497 e. The van der Waals surface area contributed by atoms with Gasteiger partial charge in [0, 0.05) is 11.8 Å². The molecule has 5 nitrogen and oxygen atoms in total. The van der Waals surface area contributed by atoms with E-state index in [1.807, 2.05) is 0 Å². The average molecular weight is 352 g/mol. The lowest BCUT2D eigenvalue weighted by Crippen LogP contribution is -2.25. The molecule has 0 aromatic heterocycles. The maximum Gasteiger partial charge on any atom is 0.573 e. The van der Waals surface area contributed by atoms with Crippen molar-refractivity contribution in [3.63, 3.8) is 0 Å². The van der Waals surface area contributed by atoms with Gasteiger partial charge in [0.15, 0.2) is 0 Å². The number of carbonyl (C=O) groups excluding carboxylic acids is 1. The number of alkyl halides is 3. The molecule has 0 spiro atoms. The van der Waals surface area contributed by atoms with Crippen molar-refractivity contribution in [1.29, 1.82) is 0 Å². The number of hydrogen-bond acceptors (Lipinski definition) is 4. The topological polar surface area (TPSA) is 51.1 Å². The van der Waals surface area contributed by atoms with Gasteiger partial charge in [-0.15, -0.1) is 13.2 Å². The second-order valence-corrected chi connectivity index (χ2v) is 4.76. The zero-order valence-corrected chi connectivity index (χ0v) is 13.4. The minimum atomic E-state index is -4.78. The number of anilines is 1. The second-order valence-electron chi connectivity index (χ2n) is 4.76. The fourth-order valence-corrected chi connectivity index (χ4v) is 2.00. The third kappa shape index (κ3) is 4.97. The van der Waals surface area contributed by atoms with Crippen molar-refractivity contribution in [3.05, 3.63) is 54.1 Å². The van der Waals surface area contributed by atoms with Gasteiger partial charge in [-0.05, 0) is 55.5 Å². The third-order valence-electron chi connectivity index (χ3n) is 3.08. The number of hydrazone groups is 1. The smallest absolute Gasteiger partial charge is 0.497 e. The highest BCUT2D eigenvalue weighted by Crippen LogP contribution is 2.25. The largest absolute Gasteiger partial charge is 0.573 e. The average Bonchev–Trinajstić information content (AvgIpc) is 2.58. The molecule has 0 heterocycles. The number of carbonyl (C=O) groups is 1. The van der Waals surface area contributed by atoms with Crippen molar-refractivity contribution >= 4 is 17.8 Å². The molecule has 2 aromatic carbocycles. The van der Waals surface area contributed by atoms with Gasteiger partial charge in [-0.1, -0.05) is 0 Å². The number of ether oxygens (including phenoxy) is 2. The van der Waals surface area contributed by atoms with E-state index in [0.717, 1.165) is 17.1 Å². The Morgan fingerprint density at radius 3 is 2.08 bits per heavy atom. The number of benzene rings is 2. The highest BCUT2D eigenvalue weighted by molar-refractivity contribution is 6.06. The Hall–Kier alpha value is -3.03. The van der Waals surface area contributed by atoms with Crippen LogP contribution in [0.5, 0.6) is 11.5 Å². The van der Waals surface area contributed by atoms with Crippen molar-refractivity contribution in [2.45, 2.75) is 13.3 Å². The molecule has 0 radical (unpaired) electrons. The molecule has 0 bridgehead atoms. The Morgan fingerprint density at radius 2 is 1.60 bits per heavy atom. The van der Waals surface area contributed by atoms with Gasteiger partial charge in [-0.25, -0.2) is 0 Å². The second kappa shape index (κ2) is 7.69. The number of nitrogens with zero attached hydrogens (tertiary/aromatic N) is 2. The van der Waals surface area contributed by atoms with Gasteiger partial charge in [-0.3, -0.25) is 4.79 Å². The van der Waals surface area contributed by atoms with E-state index in [0.29, 0.717) is 11.4 Å². The standard InChI is InChI=1S/C17H15F3N2O3/c1-3-21-22(13-6-10-14(24-2)11-7-13)16(23)12-4-8-15(9-5-12)25-17(18,19)20/h3-11H,1-2H3. The first kappa shape index (κ1) is 18.3. The van der Waals surface area contributed by atoms with Crippen LogP contribution in [0.3, 0.4) is 0 Å². The lowest BCUT2D eigenvalue weighted by Gasteiger charge is -2.17. The van der Waals surface area contributed by atoms with E-state index in [2.05, 4.69) is 9.84 Å². The van der Waals surface area contributed by atoms with Crippen molar-refractivity contribution in [2.24, 2.45) is 5.10 Å². The predicted molar refractivity (Wildman–Crippen MR) is 87.1 cm³/mol. The van der Waals surface area contributed by atoms with E-state index in [1.54, 1.807) is 31.2 Å². The molecule has 132 valence electrons. The van der Waals surface area contributed by atoms with Gasteiger partial charge < -0.3 is 9.47 Å². The molecular weight excluding hydrogens is 337 g/mol. The summed E-state index contributed by atoms with van der Waals surface area (Å²) in [5.41, 5.74) is 0.649. The van der Waals surface area contributed by atoms with Crippen LogP contribution < -0.4 is 14.5 Å². The summed E-state index contributed by atoms with van der Waals surface area (Å²) in [4.78, 5) is 12.6. The van der Waals surface area contributed by atoms with E-state index < -0.39 is 18.0 Å². The summed E-state index contributed by atoms with van der Waals surface area (Å²) in [5.74, 6) is -0.286. The maximum absolute atomic E-state index is 12.6. The minimum absolute atomic E-state index is 0.163. The molecule has 0 aliphatic rings. The SMILES string of the molecule is CC=NN(C(=O)c1ccc(OC(F)(F)F)cc1)c1ccc(OC)cc1. The molecule has 8 heteroatoms. The molecule has 2 rings (SSSR count). The molecule has 0 atom stereocenters. The first-order valence-corrected chi connectivity index (χ1v) is 7.17. The zero-order chi connectivity index (χ0) is 18.4. The van der Waals surface area contributed by atoms with Crippen LogP contribution in [0.1, 0.15) is 17.3 Å². The van der Waals surface area contributed by atoms with Crippen molar-refractivity contribution in [1.82, 2.24) is 0 Å². The molecule has 0 aliphatic carbocycles. The van der Waals surface area contributed by atoms with Crippen LogP contribution in [0.2, 0.25) is 0 Å². The lowest BCUT2D eigenvalue weighted by molar-refractivity contribution is -0.274. The third-order valence-corrected chi connectivity index (χ3v) is 3.08. The van der Waals surface area contributed by atoms with Gasteiger partial charge in [0.2, 0.25) is 0 Å². The Balaban J connectivity index is 2.24. The van der Waals surface area contributed by atoms with Gasteiger partial charge in [0.25, 0.3) is 5.91 Å². The summed E-state index contributed by atoms with van der Waals surface area (Å²) in [5, 5.41) is 5.15. The summed E-state index contributed by atoms with van der Waals surface area (Å²) >= 11 is 0. The molecule has 25 heavy (non-hydrogen) atoms. The summed E-state index contributed by atoms with van der Waals surface area (Å²) in [6, 6.07) is 11.2. The normalized spacial score (nSPS) is 11.4. The quantitative estimate of drug-likeness (QED) is 0.597. The summed E-state index contributed by atoms with van der Waals surface area (Å²) in [7, 11) is 1.52. The van der Waals surface area contributed by atoms with Gasteiger partial charge in [-0.2, -0.15) is 10.1 Å². The van der Waals surface area contributed by atoms with Crippen LogP contribution in [0.15, 0.2) is 53.6 Å². The lowest BCUT2D eigenvalue weighted by atomic mass is 10.2. The monoisotopic (exact) mass is 352 g/mol. The highest BCUT2D eigenvalue weighted by atomic mass is 19.4. The van der Waals surface area contributed by atoms with Crippen molar-refractivity contribution in [2.75, 3.05) is 12.1 Å². The van der Waals surface area contributed by atoms with Gasteiger partial charge in [0.1, 0.15) is 11.5 Å². The van der Waals surface area contributed by atoms with Crippen LogP contribution >= 0.6 is 0 Å². The van der Waals surface area contributed by atoms with Crippen LogP contribution in [-0.2, 0) is 0 Å². The molecule has 0 saturated carbocycles. The van der Waals surface area contributed by atoms with Crippen LogP contribution in [-0.4, -0.2) is 25.6 Å². The molecule has 0 N–H and O–H groups in total. The van der Waals surface area contributed by atoms with Gasteiger partial charge in [0.05, 0.1) is 12.8 Å². The number of halogens is 3. The van der Waals surface area contributed by atoms with E-state index in [1.165, 1.54) is 25.5 Å². The summed E-state index contributed by atoms with van der Waals surface area (Å²) < 4.78 is 45.4. The highest BCUT2D eigenvalue weighted by Gasteiger charge is 2.31. The van der Waals surface area contributed by atoms with E-state index >= 15 is 0 Å². The van der Waals surface area contributed by atoms with E-state index in [4.69, 9.17) is 4.74 Å². The van der Waals surface area contributed by atoms with Gasteiger partial charge >= 0.3 is 6.36 Å². The predicted octanol–water partition coefficient (Wildman–Crippen LogP) is 4.25. The number of hydrogen-bond donors (Lipinski definition) is 0. The molecule has 2 aromatic rings. The Kier molecular flexibility index (Phi) is 5.63. The zero-order valence-electron chi connectivity index (χ0n) is 13.4. The fourth-order valence-electron chi connectivity index (χ4n) is 2.00. The molecular formula is C17H15F3N2O3. The molecule has 0 unspecified atom stereocenters. The first-order chi connectivity index (χ1) is 11.8.